The Hall–Kier alpha value is -3.13. The molecule has 3 rings (SSSR count). The minimum atomic E-state index is -4.09. The van der Waals surface area contributed by atoms with Gasteiger partial charge in [-0.1, -0.05) is 6.07 Å². The number of hydrogen-bond donors (Lipinski definition) is 1. The first kappa shape index (κ1) is 17.7. The fourth-order valence-corrected chi connectivity index (χ4v) is 3.22. The molecule has 0 fully saturated rings. The highest BCUT2D eigenvalue weighted by Crippen LogP contribution is 2.23. The first-order valence-corrected chi connectivity index (χ1v) is 8.94. The third kappa shape index (κ3) is 3.75. The topological polar surface area (TPSA) is 85.6 Å². The molecule has 1 amide bonds. The number of nitrogens with one attached hydrogen (secondary N) is 1. The highest BCUT2D eigenvalue weighted by molar-refractivity contribution is 7.90. The fraction of sp³-hybridized carbons (Fsp3) is 0.0556. The van der Waals surface area contributed by atoms with E-state index in [1.807, 2.05) is 4.72 Å². The van der Waals surface area contributed by atoms with E-state index >= 15 is 0 Å². The van der Waals surface area contributed by atoms with Gasteiger partial charge in [0.25, 0.3) is 10.0 Å². The largest absolute Gasteiger partial charge is 0.497 e. The lowest BCUT2D eigenvalue weighted by Crippen LogP contribution is -2.30. The number of carbonyl (C=O) groups is 1. The van der Waals surface area contributed by atoms with E-state index in [0.29, 0.717) is 17.1 Å². The Morgan fingerprint density at radius 3 is 2.50 bits per heavy atom. The van der Waals surface area contributed by atoms with E-state index in [1.54, 1.807) is 6.07 Å². The van der Waals surface area contributed by atoms with Gasteiger partial charge >= 0.3 is 5.91 Å². The second-order valence-corrected chi connectivity index (χ2v) is 6.97. The standard InChI is InChI=1S/C18H14FNO5S/c1-24-14-3-2-4-15(11-14)26(22,23)20-18(21)17-10-9-16(25-17)12-5-7-13(19)8-6-12/h2-11H,1H3,(H,20,21). The average Bonchev–Trinajstić information content (AvgIpc) is 3.12. The van der Waals surface area contributed by atoms with Gasteiger partial charge in [-0.2, -0.15) is 0 Å². The number of ether oxygens (including phenoxy) is 1. The molecule has 8 heteroatoms. The summed E-state index contributed by atoms with van der Waals surface area (Å²) in [7, 11) is -2.68. The van der Waals surface area contributed by atoms with Crippen molar-refractivity contribution in [3.05, 3.63) is 72.2 Å². The number of rotatable bonds is 5. The van der Waals surface area contributed by atoms with Crippen molar-refractivity contribution in [1.82, 2.24) is 4.72 Å². The van der Waals surface area contributed by atoms with Gasteiger partial charge in [0.2, 0.25) is 0 Å². The molecular formula is C18H14FNO5S. The number of hydrogen-bond acceptors (Lipinski definition) is 5. The maximum atomic E-state index is 13.0. The van der Waals surface area contributed by atoms with E-state index in [4.69, 9.17) is 9.15 Å². The first-order valence-electron chi connectivity index (χ1n) is 7.46. The van der Waals surface area contributed by atoms with Gasteiger partial charge in [0.05, 0.1) is 12.0 Å². The fourth-order valence-electron chi connectivity index (χ4n) is 2.23. The number of sulfonamides is 1. The lowest BCUT2D eigenvalue weighted by molar-refractivity contribution is 0.0955. The van der Waals surface area contributed by atoms with Gasteiger partial charge in [-0.05, 0) is 48.5 Å². The molecular weight excluding hydrogens is 361 g/mol. The van der Waals surface area contributed by atoms with Gasteiger partial charge in [-0.15, -0.1) is 0 Å². The predicted molar refractivity (Wildman–Crippen MR) is 91.7 cm³/mol. The smallest absolute Gasteiger partial charge is 0.300 e. The summed E-state index contributed by atoms with van der Waals surface area (Å²) >= 11 is 0. The summed E-state index contributed by atoms with van der Waals surface area (Å²) < 4.78 is 49.9. The summed E-state index contributed by atoms with van der Waals surface area (Å²) in [5.74, 6) is -0.842. The number of carbonyl (C=O) groups excluding carboxylic acids is 1. The number of amides is 1. The second-order valence-electron chi connectivity index (χ2n) is 5.28. The van der Waals surface area contributed by atoms with Crippen LogP contribution in [0.2, 0.25) is 0 Å². The van der Waals surface area contributed by atoms with Crippen molar-refractivity contribution in [2.24, 2.45) is 0 Å². The molecule has 0 spiro atoms. The van der Waals surface area contributed by atoms with Crippen molar-refractivity contribution in [3.8, 4) is 17.1 Å². The van der Waals surface area contributed by atoms with Gasteiger partial charge in [-0.3, -0.25) is 4.79 Å². The molecule has 0 aliphatic carbocycles. The van der Waals surface area contributed by atoms with Crippen LogP contribution in [0.1, 0.15) is 10.6 Å². The quantitative estimate of drug-likeness (QED) is 0.740. The van der Waals surface area contributed by atoms with Gasteiger partial charge in [0.1, 0.15) is 17.3 Å². The number of furan rings is 1. The van der Waals surface area contributed by atoms with Crippen LogP contribution >= 0.6 is 0 Å². The van der Waals surface area contributed by atoms with Gasteiger partial charge < -0.3 is 9.15 Å². The van der Waals surface area contributed by atoms with E-state index in [-0.39, 0.29) is 10.7 Å². The third-order valence-corrected chi connectivity index (χ3v) is 4.87. The molecule has 1 heterocycles. The van der Waals surface area contributed by atoms with Crippen molar-refractivity contribution >= 4 is 15.9 Å². The summed E-state index contributed by atoms with van der Waals surface area (Å²) in [6.07, 6.45) is 0. The van der Waals surface area contributed by atoms with Crippen LogP contribution in [-0.2, 0) is 10.0 Å². The maximum Gasteiger partial charge on any atom is 0.300 e. The number of benzene rings is 2. The minimum absolute atomic E-state index is 0.115. The van der Waals surface area contributed by atoms with E-state index < -0.39 is 21.7 Å². The van der Waals surface area contributed by atoms with Crippen LogP contribution < -0.4 is 9.46 Å². The summed E-state index contributed by atoms with van der Waals surface area (Å²) in [5.41, 5.74) is 0.557. The maximum absolute atomic E-state index is 13.0. The van der Waals surface area contributed by atoms with Crippen LogP contribution in [0.4, 0.5) is 4.39 Å². The molecule has 134 valence electrons. The van der Waals surface area contributed by atoms with Gasteiger partial charge in [0.15, 0.2) is 5.76 Å². The zero-order valence-corrected chi connectivity index (χ0v) is 14.4. The molecule has 0 unspecified atom stereocenters. The van der Waals surface area contributed by atoms with Crippen molar-refractivity contribution in [2.45, 2.75) is 4.90 Å². The molecule has 6 nitrogen and oxygen atoms in total. The zero-order valence-electron chi connectivity index (χ0n) is 13.6. The highest BCUT2D eigenvalue weighted by atomic mass is 32.2. The molecule has 0 aliphatic heterocycles. The summed E-state index contributed by atoms with van der Waals surface area (Å²) in [4.78, 5) is 12.1. The van der Waals surface area contributed by atoms with Gasteiger partial charge in [-0.25, -0.2) is 17.5 Å². The number of methoxy groups -OCH3 is 1. The third-order valence-electron chi connectivity index (χ3n) is 3.54. The van der Waals surface area contributed by atoms with Crippen LogP contribution in [0.3, 0.4) is 0 Å². The Kier molecular flexibility index (Phi) is 4.77. The molecule has 3 aromatic rings. The Morgan fingerprint density at radius 2 is 1.81 bits per heavy atom. The molecule has 1 aromatic heterocycles. The van der Waals surface area contributed by atoms with E-state index in [1.165, 1.54) is 61.7 Å². The lowest BCUT2D eigenvalue weighted by Gasteiger charge is -2.07. The molecule has 1 N–H and O–H groups in total. The highest BCUT2D eigenvalue weighted by Gasteiger charge is 2.21. The van der Waals surface area contributed by atoms with Crippen LogP contribution in [0.25, 0.3) is 11.3 Å². The number of halogens is 1. The lowest BCUT2D eigenvalue weighted by atomic mass is 10.2. The Balaban J connectivity index is 1.80. The van der Waals surface area contributed by atoms with Crippen LogP contribution in [0.5, 0.6) is 5.75 Å². The Labute approximate surface area is 149 Å². The van der Waals surface area contributed by atoms with Crippen LogP contribution in [0.15, 0.2) is 70.0 Å². The average molecular weight is 375 g/mol. The molecule has 0 radical (unpaired) electrons. The van der Waals surface area contributed by atoms with Crippen molar-refractivity contribution in [2.75, 3.05) is 7.11 Å². The first-order chi connectivity index (χ1) is 12.4. The zero-order chi connectivity index (χ0) is 18.7. The van der Waals surface area contributed by atoms with Crippen molar-refractivity contribution in [1.29, 1.82) is 0 Å². The van der Waals surface area contributed by atoms with Crippen LogP contribution in [0, 0.1) is 5.82 Å². The molecule has 0 atom stereocenters. The monoisotopic (exact) mass is 375 g/mol. The molecule has 26 heavy (non-hydrogen) atoms. The minimum Gasteiger partial charge on any atom is -0.497 e. The van der Waals surface area contributed by atoms with Crippen LogP contribution in [-0.4, -0.2) is 21.4 Å². The van der Waals surface area contributed by atoms with Crippen molar-refractivity contribution in [3.63, 3.8) is 0 Å². The normalized spacial score (nSPS) is 11.2. The molecule has 0 saturated carbocycles. The molecule has 0 aliphatic rings. The van der Waals surface area contributed by atoms with E-state index in [2.05, 4.69) is 0 Å². The Morgan fingerprint density at radius 1 is 1.08 bits per heavy atom. The second kappa shape index (κ2) is 7.01. The molecule has 0 saturated heterocycles. The summed E-state index contributed by atoms with van der Waals surface area (Å²) in [5, 5.41) is 0. The van der Waals surface area contributed by atoms with E-state index in [9.17, 15) is 17.6 Å². The van der Waals surface area contributed by atoms with E-state index in [0.717, 1.165) is 0 Å². The predicted octanol–water partition coefficient (Wildman–Crippen LogP) is 3.21. The molecule has 2 aromatic carbocycles. The summed E-state index contributed by atoms with van der Waals surface area (Å²) in [6.45, 7) is 0. The van der Waals surface area contributed by atoms with Gasteiger partial charge in [0, 0.05) is 11.6 Å². The van der Waals surface area contributed by atoms with Crippen molar-refractivity contribution < 1.29 is 26.8 Å². The SMILES string of the molecule is COc1cccc(S(=O)(=O)NC(=O)c2ccc(-c3ccc(F)cc3)o2)c1. The molecule has 0 bridgehead atoms. The summed E-state index contributed by atoms with van der Waals surface area (Å²) in [6, 6.07) is 14.0. The Bertz CT molecular complexity index is 1040.